The van der Waals surface area contributed by atoms with E-state index < -0.39 is 11.5 Å². The molecule has 1 amide bonds. The third kappa shape index (κ3) is 4.73. The Morgan fingerprint density at radius 3 is 2.33 bits per heavy atom. The summed E-state index contributed by atoms with van der Waals surface area (Å²) in [4.78, 5) is 31.5. The molecule has 6 nitrogen and oxygen atoms in total. The summed E-state index contributed by atoms with van der Waals surface area (Å²) in [6, 6.07) is 0.199. The van der Waals surface area contributed by atoms with Gasteiger partial charge in [0.15, 0.2) is 0 Å². The van der Waals surface area contributed by atoms with Crippen molar-refractivity contribution in [3.8, 4) is 0 Å². The first-order valence-corrected chi connectivity index (χ1v) is 12.7. The SMILES string of the molecule is C=CCOC/C(=C/C(=O)O[C@@H]1C[C@H]2CC[C@]1(C(=O)N(C(C)C)C(C)C)C2(C)C)N1CCCC1. The lowest BCUT2D eigenvalue weighted by atomic mass is 9.67. The number of carbonyl (C=O) groups excluding carboxylic acids is 2. The Kier molecular flexibility index (Phi) is 7.98. The van der Waals surface area contributed by atoms with Crippen LogP contribution in [0.4, 0.5) is 0 Å². The monoisotopic (exact) mass is 460 g/mol. The fourth-order valence-electron chi connectivity index (χ4n) is 6.65. The summed E-state index contributed by atoms with van der Waals surface area (Å²) < 4.78 is 11.8. The lowest BCUT2D eigenvalue weighted by Crippen LogP contribution is -2.57. The van der Waals surface area contributed by atoms with Gasteiger partial charge in [0, 0.05) is 36.9 Å². The molecule has 33 heavy (non-hydrogen) atoms. The number of amides is 1. The third-order valence-electron chi connectivity index (χ3n) is 8.38. The fraction of sp³-hybridized carbons (Fsp3) is 0.778. The third-order valence-corrected chi connectivity index (χ3v) is 8.38. The predicted octanol–water partition coefficient (Wildman–Crippen LogP) is 4.55. The van der Waals surface area contributed by atoms with Crippen LogP contribution < -0.4 is 0 Å². The number of carbonyl (C=O) groups is 2. The zero-order valence-electron chi connectivity index (χ0n) is 21.6. The summed E-state index contributed by atoms with van der Waals surface area (Å²) in [6.07, 6.45) is 7.69. The molecule has 3 atom stereocenters. The number of rotatable bonds is 10. The minimum Gasteiger partial charge on any atom is -0.458 e. The van der Waals surface area contributed by atoms with Gasteiger partial charge in [0.25, 0.3) is 0 Å². The normalized spacial score (nSPS) is 28.6. The first-order valence-electron chi connectivity index (χ1n) is 12.7. The maximum Gasteiger partial charge on any atom is 0.332 e. The van der Waals surface area contributed by atoms with Crippen LogP contribution in [0.15, 0.2) is 24.4 Å². The van der Waals surface area contributed by atoms with Crippen LogP contribution in [0, 0.1) is 16.7 Å². The second-order valence-electron chi connectivity index (χ2n) is 11.1. The Balaban J connectivity index is 1.85. The predicted molar refractivity (Wildman–Crippen MR) is 130 cm³/mol. The highest BCUT2D eigenvalue weighted by Gasteiger charge is 2.70. The molecule has 1 heterocycles. The molecule has 0 radical (unpaired) electrons. The highest BCUT2D eigenvalue weighted by Crippen LogP contribution is 2.67. The molecule has 0 spiro atoms. The lowest BCUT2D eigenvalue weighted by Gasteiger charge is -2.45. The van der Waals surface area contributed by atoms with Gasteiger partial charge in [-0.2, -0.15) is 0 Å². The van der Waals surface area contributed by atoms with Gasteiger partial charge in [0.2, 0.25) is 5.91 Å². The molecule has 0 aromatic carbocycles. The maximum atomic E-state index is 14.1. The van der Waals surface area contributed by atoms with E-state index in [1.54, 1.807) is 12.2 Å². The molecule has 2 saturated carbocycles. The van der Waals surface area contributed by atoms with Crippen LogP contribution in [0.5, 0.6) is 0 Å². The number of fused-ring (bicyclic) bond motifs is 2. The molecule has 3 fully saturated rings. The van der Waals surface area contributed by atoms with Gasteiger partial charge in [-0.05, 0) is 71.1 Å². The van der Waals surface area contributed by atoms with Crippen molar-refractivity contribution in [3.05, 3.63) is 24.4 Å². The van der Waals surface area contributed by atoms with Crippen molar-refractivity contribution in [1.82, 2.24) is 9.80 Å². The second-order valence-corrected chi connectivity index (χ2v) is 11.1. The molecule has 2 aliphatic carbocycles. The quantitative estimate of drug-likeness (QED) is 0.207. The van der Waals surface area contributed by atoms with E-state index in [0.29, 0.717) is 19.1 Å². The van der Waals surface area contributed by atoms with E-state index in [1.165, 1.54) is 0 Å². The zero-order chi connectivity index (χ0) is 24.4. The van der Waals surface area contributed by atoms with Crippen LogP contribution in [0.1, 0.15) is 73.6 Å². The van der Waals surface area contributed by atoms with E-state index in [0.717, 1.165) is 50.9 Å². The number of hydrogen-bond acceptors (Lipinski definition) is 5. The summed E-state index contributed by atoms with van der Waals surface area (Å²) >= 11 is 0. The Morgan fingerprint density at radius 2 is 1.79 bits per heavy atom. The van der Waals surface area contributed by atoms with Crippen LogP contribution in [0.3, 0.4) is 0 Å². The van der Waals surface area contributed by atoms with Crippen LogP contribution >= 0.6 is 0 Å². The van der Waals surface area contributed by atoms with E-state index in [-0.39, 0.29) is 29.4 Å². The Labute approximate surface area is 200 Å². The van der Waals surface area contributed by atoms with Gasteiger partial charge in [-0.1, -0.05) is 19.9 Å². The molecule has 0 aromatic rings. The van der Waals surface area contributed by atoms with Crippen molar-refractivity contribution < 1.29 is 19.1 Å². The average molecular weight is 461 g/mol. The van der Waals surface area contributed by atoms with Gasteiger partial charge < -0.3 is 19.3 Å². The summed E-state index contributed by atoms with van der Waals surface area (Å²) in [6.45, 7) is 19.0. The summed E-state index contributed by atoms with van der Waals surface area (Å²) in [5.74, 6) is 0.173. The molecule has 2 bridgehead atoms. The van der Waals surface area contributed by atoms with E-state index in [9.17, 15) is 9.59 Å². The van der Waals surface area contributed by atoms with E-state index in [1.807, 2.05) is 4.90 Å². The first kappa shape index (κ1) is 25.8. The van der Waals surface area contributed by atoms with Gasteiger partial charge >= 0.3 is 5.97 Å². The van der Waals surface area contributed by atoms with Gasteiger partial charge in [-0.25, -0.2) is 4.79 Å². The minimum atomic E-state index is -0.664. The molecule has 186 valence electrons. The van der Waals surface area contributed by atoms with E-state index in [2.05, 4.69) is 53.0 Å². The second kappa shape index (κ2) is 10.2. The summed E-state index contributed by atoms with van der Waals surface area (Å²) in [5.41, 5.74) is -0.0118. The number of ether oxygens (including phenoxy) is 2. The van der Waals surface area contributed by atoms with Crippen molar-refractivity contribution in [2.45, 2.75) is 91.8 Å². The fourth-order valence-corrected chi connectivity index (χ4v) is 6.65. The van der Waals surface area contributed by atoms with Crippen LogP contribution in [-0.4, -0.2) is 66.2 Å². The zero-order valence-corrected chi connectivity index (χ0v) is 21.6. The van der Waals surface area contributed by atoms with Crippen molar-refractivity contribution >= 4 is 11.9 Å². The first-order chi connectivity index (χ1) is 15.6. The molecule has 1 saturated heterocycles. The van der Waals surface area contributed by atoms with Gasteiger partial charge in [-0.3, -0.25) is 4.79 Å². The Bertz CT molecular complexity index is 758. The summed E-state index contributed by atoms with van der Waals surface area (Å²) in [5, 5.41) is 0. The molecule has 3 aliphatic rings. The van der Waals surface area contributed by atoms with Crippen LogP contribution in [-0.2, 0) is 19.1 Å². The molecule has 1 aliphatic heterocycles. The topological polar surface area (TPSA) is 59.1 Å². The Morgan fingerprint density at radius 1 is 1.15 bits per heavy atom. The molecular formula is C27H44N2O4. The van der Waals surface area contributed by atoms with Gasteiger partial charge in [0.05, 0.1) is 18.6 Å². The largest absolute Gasteiger partial charge is 0.458 e. The van der Waals surface area contributed by atoms with Crippen molar-refractivity contribution in [1.29, 1.82) is 0 Å². The molecule has 0 aromatic heterocycles. The minimum absolute atomic E-state index is 0.0994. The van der Waals surface area contributed by atoms with E-state index >= 15 is 0 Å². The smallest absolute Gasteiger partial charge is 0.332 e. The number of likely N-dealkylation sites (tertiary alicyclic amines) is 1. The van der Waals surface area contributed by atoms with Gasteiger partial charge in [-0.15, -0.1) is 6.58 Å². The standard InChI is InChI=1S/C27H44N2O4/c1-8-15-32-18-22(28-13-9-10-14-28)17-24(30)33-23-16-21-11-12-27(23,26(21,6)7)25(31)29(19(2)3)20(4)5/h8,17,19-21,23H,1,9-16,18H2,2-7H3/b22-17-/t21-,23-,27+/m1/s1. The average Bonchev–Trinajstić information content (AvgIpc) is 3.39. The lowest BCUT2D eigenvalue weighted by molar-refractivity contribution is -0.168. The highest BCUT2D eigenvalue weighted by molar-refractivity contribution is 5.88. The van der Waals surface area contributed by atoms with Crippen molar-refractivity contribution in [2.75, 3.05) is 26.3 Å². The van der Waals surface area contributed by atoms with Crippen molar-refractivity contribution in [3.63, 3.8) is 0 Å². The number of nitrogens with zero attached hydrogens (tertiary/aromatic N) is 2. The molecule has 0 N–H and O–H groups in total. The van der Waals surface area contributed by atoms with Gasteiger partial charge in [0.1, 0.15) is 6.10 Å². The van der Waals surface area contributed by atoms with Crippen LogP contribution in [0.2, 0.25) is 0 Å². The molecule has 3 rings (SSSR count). The summed E-state index contributed by atoms with van der Waals surface area (Å²) in [7, 11) is 0. The number of esters is 1. The highest BCUT2D eigenvalue weighted by atomic mass is 16.5. The van der Waals surface area contributed by atoms with Crippen LogP contribution in [0.25, 0.3) is 0 Å². The van der Waals surface area contributed by atoms with E-state index in [4.69, 9.17) is 9.47 Å². The van der Waals surface area contributed by atoms with Crippen molar-refractivity contribution in [2.24, 2.45) is 16.7 Å². The maximum absolute atomic E-state index is 14.1. The number of hydrogen-bond donors (Lipinski definition) is 0. The molecule has 6 heteroatoms. The molecular weight excluding hydrogens is 416 g/mol. The Hall–Kier alpha value is -1.82. The molecule has 0 unspecified atom stereocenters.